The number of imidazole rings is 1. The lowest BCUT2D eigenvalue weighted by Crippen LogP contribution is -2.38. The molecule has 3 heterocycles. The van der Waals surface area contributed by atoms with E-state index < -0.39 is 11.7 Å². The molecule has 1 amide bonds. The first-order valence-corrected chi connectivity index (χ1v) is 7.86. The van der Waals surface area contributed by atoms with Gasteiger partial charge in [0.2, 0.25) is 11.8 Å². The van der Waals surface area contributed by atoms with E-state index in [-0.39, 0.29) is 23.6 Å². The Labute approximate surface area is 147 Å². The number of ether oxygens (including phenoxy) is 2. The molecule has 4 rings (SSSR count). The minimum Gasteiger partial charge on any atom is -0.469 e. The van der Waals surface area contributed by atoms with Crippen molar-refractivity contribution < 1.29 is 18.7 Å². The summed E-state index contributed by atoms with van der Waals surface area (Å²) in [7, 11) is 0. The summed E-state index contributed by atoms with van der Waals surface area (Å²) in [4.78, 5) is 25.0. The first-order chi connectivity index (χ1) is 12.7. The monoisotopic (exact) mass is 355 g/mol. The zero-order chi connectivity index (χ0) is 17.9. The van der Waals surface area contributed by atoms with Crippen LogP contribution in [-0.4, -0.2) is 44.7 Å². The summed E-state index contributed by atoms with van der Waals surface area (Å²) in [5.74, 6) is -0.460. The highest BCUT2D eigenvalue weighted by atomic mass is 19.1. The van der Waals surface area contributed by atoms with E-state index in [9.17, 15) is 9.18 Å². The smallest absolute Gasteiger partial charge is 0.274 e. The Morgan fingerprint density at radius 1 is 1.31 bits per heavy atom. The van der Waals surface area contributed by atoms with Gasteiger partial charge in [-0.25, -0.2) is 14.4 Å². The Hall–Kier alpha value is -3.33. The Bertz CT molecular complexity index is 928. The van der Waals surface area contributed by atoms with Crippen LogP contribution >= 0.6 is 0 Å². The van der Waals surface area contributed by atoms with Crippen LogP contribution in [0.2, 0.25) is 0 Å². The maximum absolute atomic E-state index is 13.3. The Morgan fingerprint density at radius 2 is 2.19 bits per heavy atom. The van der Waals surface area contributed by atoms with Crippen molar-refractivity contribution in [3.05, 3.63) is 60.6 Å². The van der Waals surface area contributed by atoms with Crippen LogP contribution in [0.25, 0.3) is 5.95 Å². The van der Waals surface area contributed by atoms with Crippen molar-refractivity contribution in [1.82, 2.24) is 19.5 Å². The molecule has 0 spiro atoms. The molecule has 1 fully saturated rings. The minimum absolute atomic E-state index is 0.0863. The molecule has 26 heavy (non-hydrogen) atoms. The number of aromatic nitrogens is 4. The molecule has 1 saturated heterocycles. The first-order valence-electron chi connectivity index (χ1n) is 7.86. The van der Waals surface area contributed by atoms with Crippen LogP contribution in [0.1, 0.15) is 10.5 Å². The normalized spacial score (nSPS) is 13.9. The van der Waals surface area contributed by atoms with Crippen molar-refractivity contribution in [2.45, 2.75) is 6.10 Å². The quantitative estimate of drug-likeness (QED) is 0.751. The van der Waals surface area contributed by atoms with Gasteiger partial charge in [0.05, 0.1) is 13.2 Å². The number of hydrogen-bond donors (Lipinski definition) is 1. The molecule has 1 N–H and O–H groups in total. The van der Waals surface area contributed by atoms with E-state index in [0.717, 1.165) is 0 Å². The van der Waals surface area contributed by atoms with Gasteiger partial charge >= 0.3 is 0 Å². The number of carbonyl (C=O) groups excluding carboxylic acids is 1. The van der Waals surface area contributed by atoms with E-state index in [0.29, 0.717) is 18.9 Å². The van der Waals surface area contributed by atoms with Crippen molar-refractivity contribution in [3.8, 4) is 11.8 Å². The van der Waals surface area contributed by atoms with Crippen molar-refractivity contribution >= 4 is 11.6 Å². The van der Waals surface area contributed by atoms with Crippen molar-refractivity contribution in [1.29, 1.82) is 0 Å². The maximum atomic E-state index is 13.3. The van der Waals surface area contributed by atoms with Gasteiger partial charge in [-0.2, -0.15) is 4.98 Å². The second-order valence-corrected chi connectivity index (χ2v) is 5.60. The fourth-order valence-electron chi connectivity index (χ4n) is 2.30. The van der Waals surface area contributed by atoms with Crippen molar-refractivity contribution in [2.75, 3.05) is 18.5 Å². The molecule has 0 radical (unpaired) electrons. The Kier molecular flexibility index (Phi) is 4.28. The number of benzene rings is 1. The van der Waals surface area contributed by atoms with E-state index in [2.05, 4.69) is 20.3 Å². The van der Waals surface area contributed by atoms with E-state index in [1.165, 1.54) is 30.6 Å². The van der Waals surface area contributed by atoms with Gasteiger partial charge < -0.3 is 14.8 Å². The number of rotatable bonds is 5. The van der Waals surface area contributed by atoms with Gasteiger partial charge in [0, 0.05) is 24.1 Å². The molecule has 1 aliphatic heterocycles. The molecule has 1 aliphatic rings. The average molecular weight is 355 g/mol. The first kappa shape index (κ1) is 16.2. The van der Waals surface area contributed by atoms with Gasteiger partial charge in [0.1, 0.15) is 23.9 Å². The van der Waals surface area contributed by atoms with Crippen LogP contribution in [0.4, 0.5) is 10.1 Å². The van der Waals surface area contributed by atoms with Crippen LogP contribution in [0, 0.1) is 5.82 Å². The number of amides is 1. The second kappa shape index (κ2) is 6.89. The Balaban J connectivity index is 1.63. The summed E-state index contributed by atoms with van der Waals surface area (Å²) in [5.41, 5.74) is 0.413. The second-order valence-electron chi connectivity index (χ2n) is 5.60. The minimum atomic E-state index is -0.505. The van der Waals surface area contributed by atoms with E-state index in [1.807, 2.05) is 0 Å². The average Bonchev–Trinajstić information content (AvgIpc) is 3.13. The number of anilines is 1. The predicted molar refractivity (Wildman–Crippen MR) is 88.7 cm³/mol. The summed E-state index contributed by atoms with van der Waals surface area (Å²) in [6.45, 7) is 0.935. The van der Waals surface area contributed by atoms with Crippen LogP contribution in [0.15, 0.2) is 49.1 Å². The third kappa shape index (κ3) is 3.52. The summed E-state index contributed by atoms with van der Waals surface area (Å²) < 4.78 is 25.6. The van der Waals surface area contributed by atoms with Gasteiger partial charge in [0.25, 0.3) is 5.91 Å². The number of halogens is 1. The summed E-state index contributed by atoms with van der Waals surface area (Å²) in [6.07, 6.45) is 4.63. The van der Waals surface area contributed by atoms with Gasteiger partial charge in [-0.05, 0) is 18.2 Å². The molecule has 0 aliphatic carbocycles. The molecule has 8 nitrogen and oxygen atoms in total. The molecule has 2 aromatic heterocycles. The van der Waals surface area contributed by atoms with E-state index >= 15 is 0 Å². The maximum Gasteiger partial charge on any atom is 0.274 e. The third-order valence-electron chi connectivity index (χ3n) is 3.64. The van der Waals surface area contributed by atoms with E-state index in [1.54, 1.807) is 23.0 Å². The lowest BCUT2D eigenvalue weighted by atomic mass is 10.3. The topological polar surface area (TPSA) is 91.2 Å². The number of nitrogens with zero attached hydrogens (tertiary/aromatic N) is 4. The summed E-state index contributed by atoms with van der Waals surface area (Å²) in [6, 6.07) is 7.05. The lowest BCUT2D eigenvalue weighted by Gasteiger charge is -2.26. The van der Waals surface area contributed by atoms with Crippen LogP contribution in [0.5, 0.6) is 5.88 Å². The number of carbonyl (C=O) groups is 1. The molecule has 0 atom stereocenters. The third-order valence-corrected chi connectivity index (χ3v) is 3.64. The lowest BCUT2D eigenvalue weighted by molar-refractivity contribution is -0.0813. The zero-order valence-electron chi connectivity index (χ0n) is 13.5. The number of hydrogen-bond acceptors (Lipinski definition) is 6. The largest absolute Gasteiger partial charge is 0.469 e. The molecule has 1 aromatic carbocycles. The van der Waals surface area contributed by atoms with Crippen LogP contribution in [-0.2, 0) is 4.74 Å². The molecule has 132 valence electrons. The molecule has 3 aromatic rings. The fraction of sp³-hybridized carbons (Fsp3) is 0.176. The molecular weight excluding hydrogens is 341 g/mol. The van der Waals surface area contributed by atoms with Crippen LogP contribution in [0.3, 0.4) is 0 Å². The van der Waals surface area contributed by atoms with Crippen molar-refractivity contribution in [3.63, 3.8) is 0 Å². The summed E-state index contributed by atoms with van der Waals surface area (Å²) >= 11 is 0. The predicted octanol–water partition coefficient (Wildman–Crippen LogP) is 1.83. The SMILES string of the molecule is O=C(Nc1cccc(F)c1)c1cc(OC2COC2)nc(-n2ccnc2)n1. The fourth-order valence-corrected chi connectivity index (χ4v) is 2.30. The highest BCUT2D eigenvalue weighted by Crippen LogP contribution is 2.18. The van der Waals surface area contributed by atoms with Crippen LogP contribution < -0.4 is 10.1 Å². The van der Waals surface area contributed by atoms with E-state index in [4.69, 9.17) is 9.47 Å². The number of nitrogens with one attached hydrogen (secondary N) is 1. The van der Waals surface area contributed by atoms with Gasteiger partial charge in [-0.15, -0.1) is 0 Å². The highest BCUT2D eigenvalue weighted by Gasteiger charge is 2.22. The standard InChI is InChI=1S/C17H14FN5O3/c18-11-2-1-3-12(6-11)20-16(24)14-7-15(26-13-8-25-9-13)22-17(21-14)23-5-4-19-10-23/h1-7,10,13H,8-9H2,(H,20,24). The van der Waals surface area contributed by atoms with Gasteiger partial charge in [-0.1, -0.05) is 6.07 Å². The molecular formula is C17H14FN5O3. The highest BCUT2D eigenvalue weighted by molar-refractivity contribution is 6.03. The summed E-state index contributed by atoms with van der Waals surface area (Å²) in [5, 5.41) is 2.61. The molecule has 0 unspecified atom stereocenters. The zero-order valence-corrected chi connectivity index (χ0v) is 13.5. The molecule has 0 saturated carbocycles. The molecule has 0 bridgehead atoms. The molecule has 9 heteroatoms. The van der Waals surface area contributed by atoms with Gasteiger partial charge in [-0.3, -0.25) is 9.36 Å². The Morgan fingerprint density at radius 3 is 2.88 bits per heavy atom. The van der Waals surface area contributed by atoms with Gasteiger partial charge in [0.15, 0.2) is 0 Å². The van der Waals surface area contributed by atoms with Crippen molar-refractivity contribution in [2.24, 2.45) is 0 Å².